The molecule has 1 rings (SSSR count). The van der Waals surface area contributed by atoms with Gasteiger partial charge in [-0.2, -0.15) is 0 Å². The van der Waals surface area contributed by atoms with Crippen molar-refractivity contribution in [1.82, 2.24) is 5.32 Å². The summed E-state index contributed by atoms with van der Waals surface area (Å²) in [7, 11) is 0.979. The molecule has 4 heteroatoms. The van der Waals surface area contributed by atoms with Crippen LogP contribution in [0.4, 0.5) is 0 Å². The van der Waals surface area contributed by atoms with Crippen LogP contribution in [0.25, 0.3) is 0 Å². The first kappa shape index (κ1) is 16.2. The largest absolute Gasteiger partial charge is 0.496 e. The van der Waals surface area contributed by atoms with Gasteiger partial charge in [0.2, 0.25) is 0 Å². The van der Waals surface area contributed by atoms with E-state index in [4.69, 9.17) is 4.74 Å². The first-order valence-corrected chi connectivity index (χ1v) is 8.37. The molecule has 3 atom stereocenters. The first-order valence-electron chi connectivity index (χ1n) is 6.64. The highest BCUT2D eigenvalue weighted by Gasteiger charge is 2.14. The zero-order valence-electron chi connectivity index (χ0n) is 12.5. The molecule has 3 nitrogen and oxygen atoms in total. The molecule has 0 aliphatic carbocycles. The van der Waals surface area contributed by atoms with E-state index in [2.05, 4.69) is 38.2 Å². The average Bonchev–Trinajstić information content (AvgIpc) is 2.36. The molecule has 0 amide bonds. The molecule has 1 aromatic rings. The highest BCUT2D eigenvalue weighted by molar-refractivity contribution is 7.84. The number of methoxy groups -OCH3 is 1. The summed E-state index contributed by atoms with van der Waals surface area (Å²) in [6, 6.07) is 6.77. The Balaban J connectivity index is 2.69. The summed E-state index contributed by atoms with van der Waals surface area (Å²) >= 11 is 0. The van der Waals surface area contributed by atoms with Gasteiger partial charge in [-0.3, -0.25) is 4.21 Å². The van der Waals surface area contributed by atoms with Crippen LogP contribution in [0.5, 0.6) is 5.75 Å². The summed E-state index contributed by atoms with van der Waals surface area (Å²) in [6.07, 6.45) is 2.67. The van der Waals surface area contributed by atoms with Crippen molar-refractivity contribution >= 4 is 10.8 Å². The van der Waals surface area contributed by atoms with E-state index in [-0.39, 0.29) is 6.04 Å². The van der Waals surface area contributed by atoms with Gasteiger partial charge in [0.1, 0.15) is 5.75 Å². The fourth-order valence-electron chi connectivity index (χ4n) is 2.13. The summed E-state index contributed by atoms with van der Waals surface area (Å²) < 4.78 is 16.5. The Morgan fingerprint density at radius 2 is 2.05 bits per heavy atom. The quantitative estimate of drug-likeness (QED) is 0.836. The third-order valence-electron chi connectivity index (χ3n) is 3.22. The molecule has 1 N–H and O–H groups in total. The molecule has 0 saturated heterocycles. The van der Waals surface area contributed by atoms with Crippen molar-refractivity contribution in [2.75, 3.05) is 19.1 Å². The molecule has 0 spiro atoms. The molecule has 0 aromatic heterocycles. The molecule has 3 unspecified atom stereocenters. The van der Waals surface area contributed by atoms with Crippen molar-refractivity contribution in [2.45, 2.75) is 39.3 Å². The minimum absolute atomic E-state index is 0.218. The lowest BCUT2D eigenvalue weighted by Gasteiger charge is -2.22. The van der Waals surface area contributed by atoms with Gasteiger partial charge in [0, 0.05) is 40.5 Å². The van der Waals surface area contributed by atoms with Gasteiger partial charge in [-0.25, -0.2) is 0 Å². The van der Waals surface area contributed by atoms with Crippen molar-refractivity contribution < 1.29 is 8.95 Å². The summed E-state index contributed by atoms with van der Waals surface area (Å²) in [5, 5.41) is 3.54. The minimum atomic E-state index is -0.720. The van der Waals surface area contributed by atoms with E-state index in [1.807, 2.05) is 6.07 Å². The second-order valence-electron chi connectivity index (χ2n) is 5.10. The number of hydrogen-bond donors (Lipinski definition) is 1. The third kappa shape index (κ3) is 5.33. The lowest BCUT2D eigenvalue weighted by atomic mass is 10.0. The van der Waals surface area contributed by atoms with Gasteiger partial charge in [-0.15, -0.1) is 0 Å². The maximum atomic E-state index is 11.1. The van der Waals surface area contributed by atoms with Gasteiger partial charge < -0.3 is 10.1 Å². The van der Waals surface area contributed by atoms with Crippen LogP contribution in [0.2, 0.25) is 0 Å². The molecule has 0 radical (unpaired) electrons. The topological polar surface area (TPSA) is 38.3 Å². The van der Waals surface area contributed by atoms with Gasteiger partial charge >= 0.3 is 0 Å². The van der Waals surface area contributed by atoms with Gasteiger partial charge in [0.25, 0.3) is 0 Å². The predicted molar refractivity (Wildman–Crippen MR) is 82.3 cm³/mol. The summed E-state index contributed by atoms with van der Waals surface area (Å²) in [5.74, 6) is 1.66. The van der Waals surface area contributed by atoms with Crippen LogP contribution in [-0.4, -0.2) is 29.4 Å². The SMILES string of the molecule is COc1ccc(C)cc1C(C)NC(C)CCS(C)=O. The van der Waals surface area contributed by atoms with Crippen molar-refractivity contribution in [2.24, 2.45) is 0 Å². The monoisotopic (exact) mass is 283 g/mol. The molecule has 0 aliphatic heterocycles. The van der Waals surface area contributed by atoms with Crippen LogP contribution >= 0.6 is 0 Å². The maximum Gasteiger partial charge on any atom is 0.123 e. The molecule has 0 heterocycles. The van der Waals surface area contributed by atoms with E-state index in [1.54, 1.807) is 13.4 Å². The van der Waals surface area contributed by atoms with Crippen LogP contribution in [-0.2, 0) is 10.8 Å². The second-order valence-corrected chi connectivity index (χ2v) is 6.66. The van der Waals surface area contributed by atoms with Crippen LogP contribution < -0.4 is 10.1 Å². The Kier molecular flexibility index (Phi) is 6.52. The van der Waals surface area contributed by atoms with Gasteiger partial charge in [0.05, 0.1) is 7.11 Å². The molecule has 108 valence electrons. The highest BCUT2D eigenvalue weighted by atomic mass is 32.2. The van der Waals surface area contributed by atoms with E-state index in [9.17, 15) is 4.21 Å². The van der Waals surface area contributed by atoms with E-state index in [0.29, 0.717) is 6.04 Å². The number of rotatable bonds is 7. The van der Waals surface area contributed by atoms with Crippen LogP contribution in [0.15, 0.2) is 18.2 Å². The Morgan fingerprint density at radius 1 is 1.37 bits per heavy atom. The molecule has 0 saturated carbocycles. The number of ether oxygens (including phenoxy) is 1. The summed E-state index contributed by atoms with van der Waals surface area (Å²) in [5.41, 5.74) is 2.40. The summed E-state index contributed by atoms with van der Waals surface area (Å²) in [4.78, 5) is 0. The Hall–Kier alpha value is -0.870. The molecule has 19 heavy (non-hydrogen) atoms. The third-order valence-corrected chi connectivity index (χ3v) is 4.04. The molecule has 0 aliphatic rings. The number of benzene rings is 1. The lowest BCUT2D eigenvalue weighted by molar-refractivity contribution is 0.394. The zero-order valence-corrected chi connectivity index (χ0v) is 13.3. The fraction of sp³-hybridized carbons (Fsp3) is 0.600. The van der Waals surface area contributed by atoms with Crippen molar-refractivity contribution in [3.8, 4) is 5.75 Å². The molecular weight excluding hydrogens is 258 g/mol. The van der Waals surface area contributed by atoms with E-state index in [1.165, 1.54) is 11.1 Å². The Bertz CT molecular complexity index is 434. The van der Waals surface area contributed by atoms with E-state index >= 15 is 0 Å². The smallest absolute Gasteiger partial charge is 0.123 e. The first-order chi connectivity index (χ1) is 8.93. The lowest BCUT2D eigenvalue weighted by Crippen LogP contribution is -2.30. The van der Waals surface area contributed by atoms with Crippen LogP contribution in [0.1, 0.15) is 37.4 Å². The van der Waals surface area contributed by atoms with Gasteiger partial charge in [-0.05, 0) is 33.3 Å². The number of nitrogens with one attached hydrogen (secondary N) is 1. The standard InChI is InChI=1S/C15H25NO2S/c1-11-6-7-15(18-4)14(10-11)13(3)16-12(2)8-9-19(5)17/h6-7,10,12-13,16H,8-9H2,1-5H3. The number of hydrogen-bond acceptors (Lipinski definition) is 3. The van der Waals surface area contributed by atoms with Crippen molar-refractivity contribution in [3.05, 3.63) is 29.3 Å². The van der Waals surface area contributed by atoms with E-state index < -0.39 is 10.8 Å². The number of aryl methyl sites for hydroxylation is 1. The van der Waals surface area contributed by atoms with Crippen molar-refractivity contribution in [3.63, 3.8) is 0 Å². The Labute approximate surface area is 119 Å². The van der Waals surface area contributed by atoms with Gasteiger partial charge in [0.15, 0.2) is 0 Å². The predicted octanol–water partition coefficient (Wildman–Crippen LogP) is 2.81. The average molecular weight is 283 g/mol. The van der Waals surface area contributed by atoms with Gasteiger partial charge in [-0.1, -0.05) is 17.7 Å². The van der Waals surface area contributed by atoms with Crippen LogP contribution in [0, 0.1) is 6.92 Å². The Morgan fingerprint density at radius 3 is 2.63 bits per heavy atom. The fourth-order valence-corrected chi connectivity index (χ4v) is 2.82. The molecule has 0 fully saturated rings. The maximum absolute atomic E-state index is 11.1. The van der Waals surface area contributed by atoms with Crippen LogP contribution in [0.3, 0.4) is 0 Å². The van der Waals surface area contributed by atoms with Crippen molar-refractivity contribution in [1.29, 1.82) is 0 Å². The van der Waals surface area contributed by atoms with E-state index in [0.717, 1.165) is 17.9 Å². The molecule has 0 bridgehead atoms. The molecular formula is C15H25NO2S. The normalized spacial score (nSPS) is 15.8. The molecule has 1 aromatic carbocycles. The minimum Gasteiger partial charge on any atom is -0.496 e. The summed E-state index contributed by atoms with van der Waals surface area (Å²) in [6.45, 7) is 6.35. The highest BCUT2D eigenvalue weighted by Crippen LogP contribution is 2.26. The zero-order chi connectivity index (χ0) is 14.4. The second kappa shape index (κ2) is 7.65.